The Balaban J connectivity index is 1.73. The Morgan fingerprint density at radius 1 is 0.881 bits per heavy atom. The fourth-order valence-corrected chi connectivity index (χ4v) is 3.68. The van der Waals surface area contributed by atoms with Gasteiger partial charge in [-0.15, -0.1) is 0 Å². The van der Waals surface area contributed by atoms with Gasteiger partial charge >= 0.3 is 18.0 Å². The maximum absolute atomic E-state index is 13.1. The molecule has 0 radical (unpaired) electrons. The van der Waals surface area contributed by atoms with Crippen molar-refractivity contribution in [2.75, 3.05) is 12.1 Å². The molecule has 3 N–H and O–H groups in total. The predicted molar refractivity (Wildman–Crippen MR) is 151 cm³/mol. The first kappa shape index (κ1) is 31.4. The summed E-state index contributed by atoms with van der Waals surface area (Å²) >= 11 is 0. The average Bonchev–Trinajstić information content (AvgIpc) is 2.96. The monoisotopic (exact) mass is 579 g/mol. The Labute approximate surface area is 243 Å². The van der Waals surface area contributed by atoms with Gasteiger partial charge in [-0.05, 0) is 37.6 Å². The van der Waals surface area contributed by atoms with Gasteiger partial charge in [-0.3, -0.25) is 14.9 Å². The smallest absolute Gasteiger partial charge is 0.409 e. The van der Waals surface area contributed by atoms with Crippen molar-refractivity contribution in [2.24, 2.45) is 5.92 Å². The van der Waals surface area contributed by atoms with Crippen molar-refractivity contribution in [3.63, 3.8) is 0 Å². The van der Waals surface area contributed by atoms with Crippen molar-refractivity contribution in [3.8, 4) is 11.5 Å². The topological polar surface area (TPSA) is 162 Å². The zero-order chi connectivity index (χ0) is 30.6. The minimum atomic E-state index is -1.42. The molecule has 0 saturated heterocycles. The van der Waals surface area contributed by atoms with Crippen LogP contribution in [-0.2, 0) is 19.1 Å². The Hall–Kier alpha value is -5.13. The molecule has 1 heterocycles. The number of pyridine rings is 1. The number of ether oxygens (including phenoxy) is 4. The number of benzene rings is 2. The molecule has 3 rings (SSSR count). The van der Waals surface area contributed by atoms with E-state index in [1.807, 2.05) is 48.5 Å². The third kappa shape index (κ3) is 8.95. The van der Waals surface area contributed by atoms with Crippen LogP contribution in [0.15, 0.2) is 72.9 Å². The van der Waals surface area contributed by atoms with Crippen LogP contribution in [0.1, 0.15) is 49.9 Å². The molecule has 0 spiro atoms. The molecule has 2 aromatic carbocycles. The number of carbonyl (C=O) groups excluding carboxylic acids is 3. The molecule has 0 aliphatic rings. The third-order valence-corrected chi connectivity index (χ3v) is 5.80. The summed E-state index contributed by atoms with van der Waals surface area (Å²) in [7, 11) is 0. The van der Waals surface area contributed by atoms with E-state index in [0.29, 0.717) is 5.75 Å². The van der Waals surface area contributed by atoms with Crippen LogP contribution in [0.3, 0.4) is 0 Å². The maximum Gasteiger partial charge on any atom is 0.409 e. The van der Waals surface area contributed by atoms with E-state index in [4.69, 9.17) is 18.9 Å². The van der Waals surface area contributed by atoms with Gasteiger partial charge < -0.3 is 29.4 Å². The Bertz CT molecular complexity index is 1370. The molecule has 0 aliphatic carbocycles. The normalized spacial score (nSPS) is 12.8. The van der Waals surface area contributed by atoms with Crippen molar-refractivity contribution in [1.82, 2.24) is 10.3 Å². The number of aromatic nitrogens is 1. The third-order valence-electron chi connectivity index (χ3n) is 5.80. The van der Waals surface area contributed by atoms with Gasteiger partial charge in [-0.25, -0.2) is 14.6 Å². The van der Waals surface area contributed by atoms with Gasteiger partial charge in [0, 0.05) is 6.20 Å². The first-order valence-electron chi connectivity index (χ1n) is 13.1. The standard InChI is InChI=1S/C30H33N3O9/c1-18(2)28(35)40-17-39-26-23(33-30(37)38)15-16-31-24(26)27(34)32-19(3)29(36)41-20(4)25(21-11-7-5-8-12-21)42-22-13-9-6-10-14-22/h5-16,18-20,25H,17H2,1-4H3,(H,31,33)(H,32,34)(H,37,38). The molecule has 0 aliphatic heterocycles. The first-order chi connectivity index (χ1) is 20.1. The van der Waals surface area contributed by atoms with Crippen LogP contribution in [0.5, 0.6) is 11.5 Å². The summed E-state index contributed by atoms with van der Waals surface area (Å²) in [6.07, 6.45) is -1.64. The number of para-hydroxylation sites is 1. The SMILES string of the molecule is CC(C)C(=O)OCOc1c(NC(=O)O)ccnc1C(=O)NC(C)C(=O)OC(C)C(Oc1ccccc1)c1ccccc1. The number of amides is 2. The zero-order valence-corrected chi connectivity index (χ0v) is 23.6. The summed E-state index contributed by atoms with van der Waals surface area (Å²) < 4.78 is 22.2. The molecule has 3 unspecified atom stereocenters. The number of rotatable bonds is 13. The summed E-state index contributed by atoms with van der Waals surface area (Å²) in [5, 5.41) is 13.8. The lowest BCUT2D eigenvalue weighted by atomic mass is 10.0. The second kappa shape index (κ2) is 15.0. The summed E-state index contributed by atoms with van der Waals surface area (Å²) in [6.45, 7) is 5.75. The van der Waals surface area contributed by atoms with Crippen LogP contribution in [0, 0.1) is 5.92 Å². The van der Waals surface area contributed by atoms with Gasteiger partial charge in [-0.2, -0.15) is 0 Å². The van der Waals surface area contributed by atoms with E-state index in [2.05, 4.69) is 15.6 Å². The van der Waals surface area contributed by atoms with E-state index in [1.54, 1.807) is 32.9 Å². The number of esters is 2. The minimum Gasteiger partial charge on any atom is -0.482 e. The molecule has 12 nitrogen and oxygen atoms in total. The lowest BCUT2D eigenvalue weighted by Crippen LogP contribution is -2.42. The number of carboxylic acid groups (broad SMARTS) is 1. The van der Waals surface area contributed by atoms with E-state index in [0.717, 1.165) is 5.56 Å². The molecular formula is C30H33N3O9. The second-order valence-electron chi connectivity index (χ2n) is 9.45. The molecule has 42 heavy (non-hydrogen) atoms. The van der Waals surface area contributed by atoms with Crippen molar-refractivity contribution in [1.29, 1.82) is 0 Å². The van der Waals surface area contributed by atoms with E-state index < -0.39 is 54.9 Å². The summed E-state index contributed by atoms with van der Waals surface area (Å²) in [5.74, 6) is -2.30. The van der Waals surface area contributed by atoms with E-state index in [9.17, 15) is 24.3 Å². The summed E-state index contributed by atoms with van der Waals surface area (Å²) in [4.78, 5) is 53.2. The minimum absolute atomic E-state index is 0.115. The number of hydrogen-bond acceptors (Lipinski definition) is 9. The maximum atomic E-state index is 13.1. The molecule has 0 bridgehead atoms. The quantitative estimate of drug-likeness (QED) is 0.193. The van der Waals surface area contributed by atoms with Crippen molar-refractivity contribution < 1.29 is 43.2 Å². The highest BCUT2D eigenvalue weighted by molar-refractivity contribution is 6.00. The molecule has 3 aromatic rings. The lowest BCUT2D eigenvalue weighted by Gasteiger charge is -2.27. The highest BCUT2D eigenvalue weighted by Crippen LogP contribution is 2.29. The number of anilines is 1. The molecule has 0 saturated carbocycles. The lowest BCUT2D eigenvalue weighted by molar-refractivity contribution is -0.155. The van der Waals surface area contributed by atoms with Crippen molar-refractivity contribution in [2.45, 2.75) is 45.9 Å². The van der Waals surface area contributed by atoms with Gasteiger partial charge in [0.25, 0.3) is 5.91 Å². The van der Waals surface area contributed by atoms with E-state index in [1.165, 1.54) is 19.2 Å². The van der Waals surface area contributed by atoms with Crippen LogP contribution in [0.2, 0.25) is 0 Å². The summed E-state index contributed by atoms with van der Waals surface area (Å²) in [5.41, 5.74) is 0.324. The fourth-order valence-electron chi connectivity index (χ4n) is 3.68. The number of carbonyl (C=O) groups is 4. The first-order valence-corrected chi connectivity index (χ1v) is 13.1. The van der Waals surface area contributed by atoms with E-state index >= 15 is 0 Å². The molecule has 2 amide bonds. The Morgan fingerprint density at radius 2 is 1.52 bits per heavy atom. The average molecular weight is 580 g/mol. The van der Waals surface area contributed by atoms with Gasteiger partial charge in [0.2, 0.25) is 6.79 Å². The van der Waals surface area contributed by atoms with Gasteiger partial charge in [0.1, 0.15) is 17.9 Å². The summed E-state index contributed by atoms with van der Waals surface area (Å²) in [6, 6.07) is 18.5. The number of hydrogen-bond donors (Lipinski definition) is 3. The molecule has 222 valence electrons. The second-order valence-corrected chi connectivity index (χ2v) is 9.45. The number of nitrogens with zero attached hydrogens (tertiary/aromatic N) is 1. The fraction of sp³-hybridized carbons (Fsp3) is 0.300. The highest BCUT2D eigenvalue weighted by atomic mass is 16.7. The highest BCUT2D eigenvalue weighted by Gasteiger charge is 2.29. The largest absolute Gasteiger partial charge is 0.482 e. The van der Waals surface area contributed by atoms with Crippen molar-refractivity contribution in [3.05, 3.63) is 84.2 Å². The van der Waals surface area contributed by atoms with Gasteiger partial charge in [0.15, 0.2) is 17.5 Å². The molecular weight excluding hydrogens is 546 g/mol. The molecule has 0 fully saturated rings. The molecule has 12 heteroatoms. The Kier molecular flexibility index (Phi) is 11.2. The van der Waals surface area contributed by atoms with E-state index in [-0.39, 0.29) is 17.1 Å². The van der Waals surface area contributed by atoms with Crippen LogP contribution in [0.4, 0.5) is 10.5 Å². The zero-order valence-electron chi connectivity index (χ0n) is 23.6. The Morgan fingerprint density at radius 3 is 2.14 bits per heavy atom. The van der Waals surface area contributed by atoms with Crippen LogP contribution in [-0.4, -0.2) is 53.0 Å². The molecule has 1 aromatic heterocycles. The van der Waals surface area contributed by atoms with Crippen LogP contribution < -0.4 is 20.1 Å². The van der Waals surface area contributed by atoms with Crippen LogP contribution in [0.25, 0.3) is 0 Å². The van der Waals surface area contributed by atoms with Crippen molar-refractivity contribution >= 4 is 29.6 Å². The number of nitrogens with one attached hydrogen (secondary N) is 2. The predicted octanol–water partition coefficient (Wildman–Crippen LogP) is 4.58. The van der Waals surface area contributed by atoms with Gasteiger partial charge in [-0.1, -0.05) is 62.4 Å². The van der Waals surface area contributed by atoms with Crippen LogP contribution >= 0.6 is 0 Å². The molecule has 3 atom stereocenters. The van der Waals surface area contributed by atoms with Gasteiger partial charge in [0.05, 0.1) is 11.6 Å².